The maximum absolute atomic E-state index is 4.65. The van der Waals surface area contributed by atoms with Crippen molar-refractivity contribution in [1.82, 2.24) is 5.01 Å². The van der Waals surface area contributed by atoms with Crippen LogP contribution in [-0.4, -0.2) is 23.0 Å². The fourth-order valence-electron chi connectivity index (χ4n) is 2.07. The summed E-state index contributed by atoms with van der Waals surface area (Å²) in [6, 6.07) is 0. The summed E-state index contributed by atoms with van der Waals surface area (Å²) in [5.74, 6) is 1.01. The Hall–Kier alpha value is -1.38. The van der Waals surface area contributed by atoms with E-state index in [-0.39, 0.29) is 0 Å². The lowest BCUT2D eigenvalue weighted by Gasteiger charge is -2.28. The number of nitrogens with zero attached hydrogens (tertiary/aromatic N) is 3. The zero-order valence-electron chi connectivity index (χ0n) is 8.11. The van der Waals surface area contributed by atoms with Crippen LogP contribution in [0.15, 0.2) is 34.1 Å². The zero-order valence-corrected chi connectivity index (χ0v) is 8.11. The molecule has 0 radical (unpaired) electrons. The lowest BCUT2D eigenvalue weighted by molar-refractivity contribution is 0.389. The van der Waals surface area contributed by atoms with Crippen molar-refractivity contribution in [2.24, 2.45) is 10.1 Å². The highest BCUT2D eigenvalue weighted by molar-refractivity contribution is 6.43. The molecule has 14 heavy (non-hydrogen) atoms. The molecule has 0 aromatic rings. The van der Waals surface area contributed by atoms with Gasteiger partial charge in [-0.25, -0.2) is 10.0 Å². The van der Waals surface area contributed by atoms with Gasteiger partial charge < -0.3 is 0 Å². The first-order chi connectivity index (χ1) is 6.93. The van der Waals surface area contributed by atoms with Gasteiger partial charge in [0, 0.05) is 0 Å². The molecule has 3 heteroatoms. The maximum atomic E-state index is 4.65. The fourth-order valence-corrected chi connectivity index (χ4v) is 2.07. The predicted octanol–water partition coefficient (Wildman–Crippen LogP) is 2.08. The van der Waals surface area contributed by atoms with Gasteiger partial charge in [0.1, 0.15) is 5.82 Å². The van der Waals surface area contributed by atoms with E-state index in [9.17, 15) is 0 Å². The van der Waals surface area contributed by atoms with Crippen LogP contribution in [0.25, 0.3) is 0 Å². The summed E-state index contributed by atoms with van der Waals surface area (Å²) in [4.78, 5) is 4.65. The molecule has 3 nitrogen and oxygen atoms in total. The minimum Gasteiger partial charge on any atom is -0.244 e. The van der Waals surface area contributed by atoms with E-state index < -0.39 is 0 Å². The van der Waals surface area contributed by atoms with Crippen LogP contribution in [0.3, 0.4) is 0 Å². The van der Waals surface area contributed by atoms with Gasteiger partial charge in [-0.3, -0.25) is 0 Å². The summed E-state index contributed by atoms with van der Waals surface area (Å²) in [6.07, 6.45) is 10.9. The molecule has 1 aliphatic carbocycles. The summed E-state index contributed by atoms with van der Waals surface area (Å²) in [5.41, 5.74) is 2.43. The SMILES string of the molecule is C1=CCN2N=C3CCCCC3=NC2=C1. The molecule has 2 aliphatic heterocycles. The van der Waals surface area contributed by atoms with E-state index in [1.807, 2.05) is 11.1 Å². The largest absolute Gasteiger partial charge is 0.244 e. The number of rotatable bonds is 0. The number of hydrazone groups is 1. The second kappa shape index (κ2) is 3.08. The molecule has 0 amide bonds. The topological polar surface area (TPSA) is 28.0 Å². The Balaban J connectivity index is 1.99. The third-order valence-corrected chi connectivity index (χ3v) is 2.83. The number of allylic oxidation sites excluding steroid dienone is 2. The van der Waals surface area contributed by atoms with Crippen molar-refractivity contribution >= 4 is 11.4 Å². The molecule has 0 atom stereocenters. The molecule has 0 saturated heterocycles. The third-order valence-electron chi connectivity index (χ3n) is 2.83. The average Bonchev–Trinajstić information content (AvgIpc) is 2.26. The maximum Gasteiger partial charge on any atom is 0.149 e. The first-order valence-corrected chi connectivity index (χ1v) is 5.23. The van der Waals surface area contributed by atoms with Crippen molar-refractivity contribution in [2.75, 3.05) is 6.54 Å². The summed E-state index contributed by atoms with van der Waals surface area (Å²) < 4.78 is 0. The Kier molecular flexibility index (Phi) is 1.76. The predicted molar refractivity (Wildman–Crippen MR) is 57.3 cm³/mol. The normalized spacial score (nSPS) is 24.6. The van der Waals surface area contributed by atoms with Crippen molar-refractivity contribution in [3.63, 3.8) is 0 Å². The Morgan fingerprint density at radius 2 is 2.00 bits per heavy atom. The fraction of sp³-hybridized carbons (Fsp3) is 0.455. The van der Waals surface area contributed by atoms with Gasteiger partial charge in [-0.05, 0) is 31.8 Å². The smallest absolute Gasteiger partial charge is 0.149 e. The van der Waals surface area contributed by atoms with Crippen LogP contribution < -0.4 is 0 Å². The van der Waals surface area contributed by atoms with Crippen LogP contribution in [0.4, 0.5) is 0 Å². The van der Waals surface area contributed by atoms with Gasteiger partial charge in [0.05, 0.1) is 18.0 Å². The van der Waals surface area contributed by atoms with Crippen molar-refractivity contribution in [3.8, 4) is 0 Å². The molecule has 72 valence electrons. The number of aliphatic imine (C=N–C) groups is 1. The molecule has 0 unspecified atom stereocenters. The quantitative estimate of drug-likeness (QED) is 0.570. The minimum absolute atomic E-state index is 0.867. The van der Waals surface area contributed by atoms with Gasteiger partial charge in [0.2, 0.25) is 0 Å². The van der Waals surface area contributed by atoms with Crippen molar-refractivity contribution in [2.45, 2.75) is 25.7 Å². The average molecular weight is 187 g/mol. The van der Waals surface area contributed by atoms with Crippen LogP contribution in [-0.2, 0) is 0 Å². The lowest BCUT2D eigenvalue weighted by Crippen LogP contribution is -2.31. The summed E-state index contributed by atoms with van der Waals surface area (Å²) in [5, 5.41) is 6.62. The molecule has 0 bridgehead atoms. The van der Waals surface area contributed by atoms with Crippen LogP contribution in [0.2, 0.25) is 0 Å². The van der Waals surface area contributed by atoms with E-state index in [0.29, 0.717) is 0 Å². The minimum atomic E-state index is 0.867. The van der Waals surface area contributed by atoms with Gasteiger partial charge in [0.25, 0.3) is 0 Å². The highest BCUT2D eigenvalue weighted by Crippen LogP contribution is 2.23. The first kappa shape index (κ1) is 7.97. The first-order valence-electron chi connectivity index (χ1n) is 5.23. The van der Waals surface area contributed by atoms with Gasteiger partial charge in [0.15, 0.2) is 0 Å². The van der Waals surface area contributed by atoms with Gasteiger partial charge in [-0.1, -0.05) is 12.2 Å². The molecule has 0 N–H and O–H groups in total. The van der Waals surface area contributed by atoms with E-state index in [4.69, 9.17) is 0 Å². The molecular formula is C11H13N3. The molecule has 3 aliphatic rings. The second-order valence-electron chi connectivity index (χ2n) is 3.85. The van der Waals surface area contributed by atoms with Crippen LogP contribution in [0.5, 0.6) is 0 Å². The van der Waals surface area contributed by atoms with Crippen LogP contribution in [0.1, 0.15) is 25.7 Å². The van der Waals surface area contributed by atoms with Crippen molar-refractivity contribution in [3.05, 3.63) is 24.0 Å². The van der Waals surface area contributed by atoms with E-state index in [1.165, 1.54) is 24.3 Å². The van der Waals surface area contributed by atoms with Gasteiger partial charge in [-0.2, -0.15) is 5.10 Å². The number of hydrogen-bond donors (Lipinski definition) is 0. The Morgan fingerprint density at radius 3 is 2.93 bits per heavy atom. The Morgan fingerprint density at radius 1 is 1.14 bits per heavy atom. The molecule has 0 aromatic carbocycles. The molecule has 1 fully saturated rings. The third kappa shape index (κ3) is 1.20. The molecule has 1 saturated carbocycles. The number of hydrogen-bond acceptors (Lipinski definition) is 3. The van der Waals surface area contributed by atoms with Crippen LogP contribution in [0, 0.1) is 0 Å². The monoisotopic (exact) mass is 187 g/mol. The molecule has 0 aromatic heterocycles. The standard InChI is InChI=1S/C11H13N3/c1-2-6-10-9(5-1)12-11-7-3-4-8-14(11)13-10/h3-4,7H,1-2,5-6,8H2. The van der Waals surface area contributed by atoms with E-state index in [0.717, 1.165) is 25.2 Å². The van der Waals surface area contributed by atoms with Gasteiger partial charge in [-0.15, -0.1) is 0 Å². The molecule has 2 heterocycles. The summed E-state index contributed by atoms with van der Waals surface area (Å²) in [6.45, 7) is 0.867. The molecule has 3 rings (SSSR count). The summed E-state index contributed by atoms with van der Waals surface area (Å²) in [7, 11) is 0. The lowest BCUT2D eigenvalue weighted by atomic mass is 9.96. The Labute approximate surface area is 83.5 Å². The summed E-state index contributed by atoms with van der Waals surface area (Å²) >= 11 is 0. The van der Waals surface area contributed by atoms with Crippen molar-refractivity contribution in [1.29, 1.82) is 0 Å². The van der Waals surface area contributed by atoms with E-state index in [2.05, 4.69) is 22.2 Å². The van der Waals surface area contributed by atoms with Crippen LogP contribution >= 0.6 is 0 Å². The number of fused-ring (bicyclic) bond motifs is 2. The molecular weight excluding hydrogens is 174 g/mol. The van der Waals surface area contributed by atoms with E-state index in [1.54, 1.807) is 0 Å². The molecule has 0 spiro atoms. The van der Waals surface area contributed by atoms with Gasteiger partial charge >= 0.3 is 0 Å². The Bertz CT molecular complexity index is 374. The highest BCUT2D eigenvalue weighted by atomic mass is 15.5. The highest BCUT2D eigenvalue weighted by Gasteiger charge is 2.22. The van der Waals surface area contributed by atoms with E-state index >= 15 is 0 Å². The van der Waals surface area contributed by atoms with Crippen molar-refractivity contribution < 1.29 is 0 Å². The zero-order chi connectivity index (χ0) is 9.38. The second-order valence-corrected chi connectivity index (χ2v) is 3.85.